The first kappa shape index (κ1) is 29.5. The first-order chi connectivity index (χ1) is 13.9. The fourth-order valence-electron chi connectivity index (χ4n) is 4.36. The first-order valence-corrected chi connectivity index (χ1v) is 15.7. The van der Waals surface area contributed by atoms with Gasteiger partial charge in [0.05, 0.1) is 0 Å². The molecule has 0 spiro atoms. The number of anilines is 1. The minimum Gasteiger partial charge on any atom is -1.00 e. The van der Waals surface area contributed by atoms with Crippen molar-refractivity contribution in [3.63, 3.8) is 0 Å². The van der Waals surface area contributed by atoms with Crippen LogP contribution < -0.4 is 45.0 Å². The van der Waals surface area contributed by atoms with Gasteiger partial charge in [-0.15, -0.1) is 0 Å². The summed E-state index contributed by atoms with van der Waals surface area (Å²) in [5.41, 5.74) is 8.04. The van der Waals surface area contributed by atoms with Gasteiger partial charge >= 0.3 is 200 Å². The molecule has 1 N–H and O–H groups in total. The zero-order chi connectivity index (χ0) is 22.4. The Labute approximate surface area is 223 Å². The molecular formula is C26H36Cl2NOSiZr. The van der Waals surface area contributed by atoms with Crippen molar-refractivity contribution >= 4 is 22.9 Å². The van der Waals surface area contributed by atoms with Crippen LogP contribution in [0.1, 0.15) is 58.6 Å². The average molecular weight is 569 g/mol. The van der Waals surface area contributed by atoms with E-state index >= 15 is 0 Å². The Balaban J connectivity index is 0.00000256. The molecule has 0 saturated heterocycles. The van der Waals surface area contributed by atoms with E-state index in [9.17, 15) is 0 Å². The summed E-state index contributed by atoms with van der Waals surface area (Å²) < 4.78 is 8.33. The molecule has 1 aliphatic carbocycles. The van der Waals surface area contributed by atoms with Gasteiger partial charge in [-0.2, -0.15) is 0 Å². The van der Waals surface area contributed by atoms with E-state index < -0.39 is 8.32 Å². The second kappa shape index (κ2) is 10.8. The summed E-state index contributed by atoms with van der Waals surface area (Å²) in [6, 6.07) is 8.87. The summed E-state index contributed by atoms with van der Waals surface area (Å²) in [6.45, 7) is 20.4. The molecule has 0 aromatic heterocycles. The molecule has 6 heteroatoms. The van der Waals surface area contributed by atoms with Crippen molar-refractivity contribution in [2.75, 3.05) is 5.32 Å². The molecule has 0 amide bonds. The monoisotopic (exact) mass is 566 g/mol. The van der Waals surface area contributed by atoms with Crippen molar-refractivity contribution in [1.82, 2.24) is 0 Å². The van der Waals surface area contributed by atoms with Gasteiger partial charge in [0.1, 0.15) is 0 Å². The minimum atomic E-state index is -1.81. The van der Waals surface area contributed by atoms with Gasteiger partial charge in [0.15, 0.2) is 0 Å². The van der Waals surface area contributed by atoms with Gasteiger partial charge in [-0.25, -0.2) is 0 Å². The Morgan fingerprint density at radius 2 is 1.62 bits per heavy atom. The zero-order valence-electron chi connectivity index (χ0n) is 20.9. The van der Waals surface area contributed by atoms with E-state index in [1.807, 2.05) is 0 Å². The molecule has 2 aromatic carbocycles. The number of hydrogen-bond acceptors (Lipinski definition) is 2. The van der Waals surface area contributed by atoms with Crippen LogP contribution in [0.4, 0.5) is 5.69 Å². The van der Waals surface area contributed by atoms with Crippen LogP contribution in [0.25, 0.3) is 20.0 Å². The van der Waals surface area contributed by atoms with E-state index in [1.54, 1.807) is 0 Å². The van der Waals surface area contributed by atoms with Gasteiger partial charge in [0, 0.05) is 0 Å². The maximum atomic E-state index is 6.90. The number of nitrogens with one attached hydrogen (secondary N) is 1. The molecule has 173 valence electrons. The SMILES string of the molecule is CCCC(C)=c1c(C)c(NC(C)(C)C)c2c(c1O[Si](C)(C)C)-c1ccccc1[C]=2[Zr+2].[Cl-].[Cl-]. The van der Waals surface area contributed by atoms with E-state index in [1.165, 1.54) is 72.0 Å². The van der Waals surface area contributed by atoms with E-state index in [-0.39, 0.29) is 30.4 Å². The molecular weight excluding hydrogens is 533 g/mol. The maximum absolute atomic E-state index is 6.90. The van der Waals surface area contributed by atoms with Gasteiger partial charge in [0.25, 0.3) is 0 Å². The summed E-state index contributed by atoms with van der Waals surface area (Å²) in [6.07, 6.45) is 2.23. The van der Waals surface area contributed by atoms with Crippen LogP contribution >= 0.6 is 0 Å². The van der Waals surface area contributed by atoms with E-state index in [0.717, 1.165) is 18.6 Å². The second-order valence-electron chi connectivity index (χ2n) is 10.5. The van der Waals surface area contributed by atoms with E-state index in [4.69, 9.17) is 4.43 Å². The summed E-state index contributed by atoms with van der Waals surface area (Å²) in [4.78, 5) is 0. The molecule has 0 atom stereocenters. The Morgan fingerprint density at radius 3 is 2.12 bits per heavy atom. The Bertz CT molecular complexity index is 1110. The van der Waals surface area contributed by atoms with Gasteiger partial charge in [-0.1, -0.05) is 0 Å². The quantitative estimate of drug-likeness (QED) is 0.517. The van der Waals surface area contributed by atoms with Crippen LogP contribution in [-0.2, 0) is 24.7 Å². The molecule has 32 heavy (non-hydrogen) atoms. The van der Waals surface area contributed by atoms with Crippen molar-refractivity contribution in [3.05, 3.63) is 45.8 Å². The molecule has 2 nitrogen and oxygen atoms in total. The fraction of sp³-hybridized carbons (Fsp3) is 0.462. The number of rotatable bonds is 5. The topological polar surface area (TPSA) is 21.3 Å². The van der Waals surface area contributed by atoms with Gasteiger partial charge in [-0.3, -0.25) is 0 Å². The molecule has 3 rings (SSSR count). The Hall–Kier alpha value is -0.540. The molecule has 0 unspecified atom stereocenters. The van der Waals surface area contributed by atoms with Gasteiger partial charge < -0.3 is 24.8 Å². The summed E-state index contributed by atoms with van der Waals surface area (Å²) in [5.74, 6) is 1.12. The third kappa shape index (κ3) is 5.93. The molecule has 0 bridgehead atoms. The Kier molecular flexibility index (Phi) is 9.96. The van der Waals surface area contributed by atoms with Gasteiger partial charge in [0.2, 0.25) is 0 Å². The predicted octanol–water partition coefficient (Wildman–Crippen LogP) is 0.0815. The molecule has 0 heterocycles. The number of halogens is 2. The Morgan fingerprint density at radius 1 is 1.06 bits per heavy atom. The molecule has 0 saturated carbocycles. The molecule has 0 aliphatic heterocycles. The zero-order valence-corrected chi connectivity index (χ0v) is 25.9. The molecule has 2 aromatic rings. The molecule has 0 fully saturated rings. The maximum Gasteiger partial charge on any atom is -1.00 e. The standard InChI is InChI=1S/C26H36NOSi.2ClH.Zr/c1-10-13-17(2)22-18(3)24(27-26(4,5)6)21-16-19-14-11-12-15-20(19)23(21)25(22)28-29(7,8)9;;;/h11-12,14-15,27H,10,13H2,1-9H3;2*1H;/q;;;+2/p-2. The third-order valence-corrected chi connectivity index (χ3v) is 7.47. The van der Waals surface area contributed by atoms with Gasteiger partial charge in [-0.05, 0) is 0 Å². The predicted molar refractivity (Wildman–Crippen MR) is 130 cm³/mol. The third-order valence-electron chi connectivity index (χ3n) is 5.38. The van der Waals surface area contributed by atoms with E-state index in [2.05, 4.69) is 90.8 Å². The van der Waals surface area contributed by atoms with Crippen LogP contribution in [0.2, 0.25) is 19.6 Å². The summed E-state index contributed by atoms with van der Waals surface area (Å²) in [7, 11) is -1.81. The normalized spacial score (nSPS) is 13.5. The molecule has 0 radical (unpaired) electrons. The smallest absolute Gasteiger partial charge is 1.00 e. The van der Waals surface area contributed by atoms with Crippen LogP contribution in [0.5, 0.6) is 5.75 Å². The van der Waals surface area contributed by atoms with Crippen LogP contribution in [-0.4, -0.2) is 13.9 Å². The van der Waals surface area contributed by atoms with Crippen molar-refractivity contribution in [3.8, 4) is 16.9 Å². The van der Waals surface area contributed by atoms with E-state index in [0.29, 0.717) is 0 Å². The van der Waals surface area contributed by atoms with Crippen LogP contribution in [0, 0.1) is 6.92 Å². The summed E-state index contributed by atoms with van der Waals surface area (Å²) in [5, 5.41) is 6.57. The fourth-order valence-corrected chi connectivity index (χ4v) is 6.33. The number of benzene rings is 2. The largest absolute Gasteiger partial charge is 1.00 e. The van der Waals surface area contributed by atoms with Crippen molar-refractivity contribution in [2.45, 2.75) is 79.6 Å². The first-order valence-electron chi connectivity index (χ1n) is 11.0. The second-order valence-corrected chi connectivity index (χ2v) is 16.2. The summed E-state index contributed by atoms with van der Waals surface area (Å²) >= 11 is 1.45. The number of fused-ring (bicyclic) bond motifs is 3. The number of hydrogen-bond donors (Lipinski definition) is 1. The van der Waals surface area contributed by atoms with Crippen molar-refractivity contribution in [1.29, 1.82) is 0 Å². The van der Waals surface area contributed by atoms with Crippen molar-refractivity contribution in [2.24, 2.45) is 0 Å². The average Bonchev–Trinajstić information content (AvgIpc) is 2.90. The van der Waals surface area contributed by atoms with Crippen molar-refractivity contribution < 1.29 is 54.0 Å². The van der Waals surface area contributed by atoms with Crippen LogP contribution in [0.3, 0.4) is 0 Å². The minimum absolute atomic E-state index is 0. The van der Waals surface area contributed by atoms with Crippen LogP contribution in [0.15, 0.2) is 24.3 Å². The molecule has 1 aliphatic rings.